The molecule has 4 nitrogen and oxygen atoms in total. The molecule has 1 aliphatic rings. The fraction of sp³-hybridized carbons (Fsp3) is 0.500. The second-order valence-electron chi connectivity index (χ2n) is 4.71. The highest BCUT2D eigenvalue weighted by atomic mass is 16.5. The molecule has 1 saturated carbocycles. The van der Waals surface area contributed by atoms with Crippen LogP contribution in [0, 0.1) is 0 Å². The molecule has 18 heavy (non-hydrogen) atoms. The lowest BCUT2D eigenvalue weighted by atomic mass is 10.1. The van der Waals surface area contributed by atoms with Crippen molar-refractivity contribution < 1.29 is 9.53 Å². The fourth-order valence-corrected chi connectivity index (χ4v) is 1.67. The van der Waals surface area contributed by atoms with Gasteiger partial charge in [0.2, 0.25) is 0 Å². The summed E-state index contributed by atoms with van der Waals surface area (Å²) in [4.78, 5) is 11.4. The highest BCUT2D eigenvalue weighted by Gasteiger charge is 2.23. The molecule has 1 aromatic carbocycles. The molecule has 1 aromatic rings. The number of hydrogen-bond acceptors (Lipinski definition) is 3. The van der Waals surface area contributed by atoms with Gasteiger partial charge in [-0.3, -0.25) is 4.79 Å². The monoisotopic (exact) mass is 248 g/mol. The van der Waals surface area contributed by atoms with Crippen LogP contribution >= 0.6 is 0 Å². The van der Waals surface area contributed by atoms with Gasteiger partial charge in [0, 0.05) is 12.1 Å². The highest BCUT2D eigenvalue weighted by molar-refractivity contribution is 5.78. The third kappa shape index (κ3) is 3.74. The first-order valence-corrected chi connectivity index (χ1v) is 6.38. The maximum absolute atomic E-state index is 11.4. The average molecular weight is 248 g/mol. The number of rotatable bonds is 6. The third-order valence-electron chi connectivity index (χ3n) is 3.13. The molecule has 1 unspecified atom stereocenters. The Morgan fingerprint density at radius 2 is 2.06 bits per heavy atom. The molecular formula is C14H20N2O2. The van der Waals surface area contributed by atoms with Crippen LogP contribution in [0.4, 0.5) is 0 Å². The van der Waals surface area contributed by atoms with Crippen LogP contribution in [-0.2, 0) is 4.79 Å². The minimum Gasteiger partial charge on any atom is -0.484 e. The number of carbonyl (C=O) groups excluding carboxylic acids is 1. The standard InChI is InChI=1S/C14H20N2O2/c1-10(15-2)11-3-7-13(8-4-11)18-9-14(17)16-12-5-6-12/h3-4,7-8,10,12,15H,5-6,9H2,1-2H3,(H,16,17). The molecule has 0 spiro atoms. The first kappa shape index (κ1) is 12.9. The van der Waals surface area contributed by atoms with Gasteiger partial charge < -0.3 is 15.4 Å². The van der Waals surface area contributed by atoms with E-state index in [-0.39, 0.29) is 12.5 Å². The lowest BCUT2D eigenvalue weighted by Crippen LogP contribution is -2.30. The predicted molar refractivity (Wildman–Crippen MR) is 70.6 cm³/mol. The minimum atomic E-state index is -0.0369. The number of benzene rings is 1. The summed E-state index contributed by atoms with van der Waals surface area (Å²) in [7, 11) is 1.93. The van der Waals surface area contributed by atoms with Crippen molar-refractivity contribution in [2.24, 2.45) is 0 Å². The Morgan fingerprint density at radius 3 is 2.61 bits per heavy atom. The van der Waals surface area contributed by atoms with Crippen molar-refractivity contribution >= 4 is 5.91 Å². The maximum atomic E-state index is 11.4. The summed E-state index contributed by atoms with van der Waals surface area (Å²) in [5, 5.41) is 6.06. The van der Waals surface area contributed by atoms with Crippen molar-refractivity contribution in [3.63, 3.8) is 0 Å². The van der Waals surface area contributed by atoms with E-state index in [0.717, 1.165) is 18.6 Å². The zero-order chi connectivity index (χ0) is 13.0. The van der Waals surface area contributed by atoms with E-state index >= 15 is 0 Å². The summed E-state index contributed by atoms with van der Waals surface area (Å²) in [6.45, 7) is 2.19. The van der Waals surface area contributed by atoms with Crippen molar-refractivity contribution in [2.45, 2.75) is 31.8 Å². The van der Waals surface area contributed by atoms with Crippen LogP contribution < -0.4 is 15.4 Å². The third-order valence-corrected chi connectivity index (χ3v) is 3.13. The Morgan fingerprint density at radius 1 is 1.39 bits per heavy atom. The Balaban J connectivity index is 1.80. The van der Waals surface area contributed by atoms with Crippen molar-refractivity contribution in [3.8, 4) is 5.75 Å². The Kier molecular flexibility index (Phi) is 4.20. The molecule has 98 valence electrons. The predicted octanol–water partition coefficient (Wildman–Crippen LogP) is 1.62. The van der Waals surface area contributed by atoms with E-state index in [1.807, 2.05) is 31.3 Å². The summed E-state index contributed by atoms with van der Waals surface area (Å²) in [5.41, 5.74) is 1.20. The Labute approximate surface area is 108 Å². The maximum Gasteiger partial charge on any atom is 0.258 e. The molecule has 2 N–H and O–H groups in total. The summed E-state index contributed by atoms with van der Waals surface area (Å²) in [6.07, 6.45) is 2.20. The topological polar surface area (TPSA) is 50.4 Å². The van der Waals surface area contributed by atoms with Gasteiger partial charge in [0.25, 0.3) is 5.91 Å². The summed E-state index contributed by atoms with van der Waals surface area (Å²) in [5.74, 6) is 0.693. The molecule has 2 rings (SSSR count). The number of carbonyl (C=O) groups is 1. The largest absolute Gasteiger partial charge is 0.484 e. The molecule has 0 aliphatic heterocycles. The quantitative estimate of drug-likeness (QED) is 0.804. The van der Waals surface area contributed by atoms with Crippen LogP contribution in [0.2, 0.25) is 0 Å². The number of hydrogen-bond donors (Lipinski definition) is 2. The zero-order valence-corrected chi connectivity index (χ0v) is 10.9. The average Bonchev–Trinajstić information content (AvgIpc) is 3.20. The van der Waals surface area contributed by atoms with E-state index < -0.39 is 0 Å². The molecule has 1 atom stereocenters. The van der Waals surface area contributed by atoms with Gasteiger partial charge in [-0.05, 0) is 44.5 Å². The second-order valence-corrected chi connectivity index (χ2v) is 4.71. The van der Waals surface area contributed by atoms with Gasteiger partial charge in [0.1, 0.15) is 5.75 Å². The normalized spacial score (nSPS) is 16.1. The molecule has 1 aliphatic carbocycles. The summed E-state index contributed by atoms with van der Waals surface area (Å²) in [6, 6.07) is 8.52. The molecule has 0 radical (unpaired) electrons. The van der Waals surface area contributed by atoms with E-state index in [1.165, 1.54) is 5.56 Å². The van der Waals surface area contributed by atoms with Crippen molar-refractivity contribution in [3.05, 3.63) is 29.8 Å². The Hall–Kier alpha value is -1.55. The molecule has 0 heterocycles. The van der Waals surface area contributed by atoms with Gasteiger partial charge in [0.05, 0.1) is 0 Å². The van der Waals surface area contributed by atoms with E-state index in [0.29, 0.717) is 12.1 Å². The second kappa shape index (κ2) is 5.87. The Bertz CT molecular complexity index is 399. The van der Waals surface area contributed by atoms with Crippen LogP contribution in [0.1, 0.15) is 31.4 Å². The highest BCUT2D eigenvalue weighted by Crippen LogP contribution is 2.19. The summed E-state index contributed by atoms with van der Waals surface area (Å²) < 4.78 is 5.43. The van der Waals surface area contributed by atoms with Gasteiger partial charge in [-0.15, -0.1) is 0 Å². The lowest BCUT2D eigenvalue weighted by molar-refractivity contribution is -0.123. The smallest absolute Gasteiger partial charge is 0.258 e. The molecular weight excluding hydrogens is 228 g/mol. The van der Waals surface area contributed by atoms with E-state index in [2.05, 4.69) is 17.6 Å². The van der Waals surface area contributed by atoms with Crippen molar-refractivity contribution in [2.75, 3.05) is 13.7 Å². The molecule has 1 amide bonds. The van der Waals surface area contributed by atoms with E-state index in [4.69, 9.17) is 4.74 Å². The first-order valence-electron chi connectivity index (χ1n) is 6.38. The molecule has 0 bridgehead atoms. The number of ether oxygens (including phenoxy) is 1. The molecule has 4 heteroatoms. The minimum absolute atomic E-state index is 0.0369. The van der Waals surface area contributed by atoms with Gasteiger partial charge in [0.15, 0.2) is 6.61 Å². The van der Waals surface area contributed by atoms with E-state index in [1.54, 1.807) is 0 Å². The fourth-order valence-electron chi connectivity index (χ4n) is 1.67. The van der Waals surface area contributed by atoms with Crippen molar-refractivity contribution in [1.82, 2.24) is 10.6 Å². The van der Waals surface area contributed by atoms with Gasteiger partial charge in [-0.25, -0.2) is 0 Å². The number of amides is 1. The van der Waals surface area contributed by atoms with Crippen LogP contribution in [0.3, 0.4) is 0 Å². The van der Waals surface area contributed by atoms with Gasteiger partial charge >= 0.3 is 0 Å². The van der Waals surface area contributed by atoms with Crippen molar-refractivity contribution in [1.29, 1.82) is 0 Å². The van der Waals surface area contributed by atoms with Crippen LogP contribution in [0.15, 0.2) is 24.3 Å². The molecule has 1 fully saturated rings. The van der Waals surface area contributed by atoms with Gasteiger partial charge in [-0.2, -0.15) is 0 Å². The molecule has 0 saturated heterocycles. The van der Waals surface area contributed by atoms with Crippen LogP contribution in [-0.4, -0.2) is 25.6 Å². The first-order chi connectivity index (χ1) is 8.69. The number of nitrogens with one attached hydrogen (secondary N) is 2. The van der Waals surface area contributed by atoms with Crippen LogP contribution in [0.5, 0.6) is 5.75 Å². The molecule has 0 aromatic heterocycles. The van der Waals surface area contributed by atoms with Gasteiger partial charge in [-0.1, -0.05) is 12.1 Å². The van der Waals surface area contributed by atoms with E-state index in [9.17, 15) is 4.79 Å². The SMILES string of the molecule is CNC(C)c1ccc(OCC(=O)NC2CC2)cc1. The lowest BCUT2D eigenvalue weighted by Gasteiger charge is -2.11. The van der Waals surface area contributed by atoms with Crippen LogP contribution in [0.25, 0.3) is 0 Å². The zero-order valence-electron chi connectivity index (χ0n) is 10.9. The summed E-state index contributed by atoms with van der Waals surface area (Å²) >= 11 is 0.